The van der Waals surface area contributed by atoms with Crippen molar-refractivity contribution >= 4 is 35.1 Å². The van der Waals surface area contributed by atoms with Crippen LogP contribution in [0.15, 0.2) is 96.1 Å². The molecular weight excluding hydrogens is 875 g/mol. The summed E-state index contributed by atoms with van der Waals surface area (Å²) >= 11 is -4.90. The summed E-state index contributed by atoms with van der Waals surface area (Å²) in [6.07, 6.45) is 23.6. The van der Waals surface area contributed by atoms with E-state index in [1.807, 2.05) is 0 Å². The first-order valence-corrected chi connectivity index (χ1v) is 41.1. The van der Waals surface area contributed by atoms with Gasteiger partial charge in [-0.1, -0.05) is 0 Å². The van der Waals surface area contributed by atoms with Crippen molar-refractivity contribution in [2.24, 2.45) is 41.4 Å². The molecule has 10 aliphatic carbocycles. The third-order valence-electron chi connectivity index (χ3n) is 19.5. The predicted molar refractivity (Wildman–Crippen MR) is 261 cm³/mol. The summed E-state index contributed by atoms with van der Waals surface area (Å²) in [4.78, 5) is 0. The van der Waals surface area contributed by atoms with Gasteiger partial charge in [0.1, 0.15) is 0 Å². The van der Waals surface area contributed by atoms with E-state index in [9.17, 15) is 0 Å². The molecule has 4 aromatic carbocycles. The topological polar surface area (TPSA) is 0 Å². The van der Waals surface area contributed by atoms with Crippen LogP contribution >= 0.6 is 17.0 Å². The Morgan fingerprint density at radius 2 is 0.967 bits per heavy atom. The van der Waals surface area contributed by atoms with Crippen molar-refractivity contribution in [2.45, 2.75) is 135 Å². The fraction of sp³-hybridized carbons (Fsp3) is 0.509. The maximum absolute atomic E-state index is 8.88. The molecule has 0 nitrogen and oxygen atoms in total. The van der Waals surface area contributed by atoms with Gasteiger partial charge >= 0.3 is 379 Å². The molecule has 3 atom stereocenters. The standard InChI is InChI=1S/C29H33.C26H27.C2H7Si.2ClH.Zr/c1-3-19(2)25-14-24-5-4-6-27(28(24)15-25)23-7-9-26(10-8-23)29-16-20-11-21(17-29)13-22(12-20)18-29;1-17-9-22-3-2-4-24(25(22)10-17)21-5-7-23(8-6-21)26-14-18-11-19(15-26)13-20(12-18)16-26;1-3-2;;;/h4-10,14-15,19-22H,3,11-13,16-18H2,1-2H3;2-10,18-20H,11-16H2,1H3;3H,1-2H3;2*1H;/q;;;;;+2/p-2. The van der Waals surface area contributed by atoms with Crippen LogP contribution in [0.25, 0.3) is 34.4 Å². The Morgan fingerprint density at radius 3 is 1.36 bits per heavy atom. The third kappa shape index (κ3) is 6.02. The summed E-state index contributed by atoms with van der Waals surface area (Å²) in [6.45, 7) is 12.2. The van der Waals surface area contributed by atoms with Gasteiger partial charge in [0, 0.05) is 0 Å². The first kappa shape index (κ1) is 40.5. The van der Waals surface area contributed by atoms with Gasteiger partial charge in [-0.3, -0.25) is 0 Å². The predicted octanol–water partition coefficient (Wildman–Crippen LogP) is 16.6. The van der Waals surface area contributed by atoms with E-state index >= 15 is 0 Å². The second kappa shape index (κ2) is 14.3. The molecular formula is C57H67Cl2SiZr. The van der Waals surface area contributed by atoms with Crippen LogP contribution in [-0.2, 0) is 26.4 Å². The van der Waals surface area contributed by atoms with Gasteiger partial charge < -0.3 is 0 Å². The average Bonchev–Trinajstić information content (AvgIpc) is 3.82. The van der Waals surface area contributed by atoms with Gasteiger partial charge in [-0.05, 0) is 0 Å². The monoisotopic (exact) mass is 939 g/mol. The number of fused-ring (bicyclic) bond motifs is 2. The van der Waals surface area contributed by atoms with Crippen molar-refractivity contribution in [2.75, 3.05) is 0 Å². The molecule has 4 aromatic rings. The number of rotatable bonds is 9. The molecule has 8 bridgehead atoms. The maximum atomic E-state index is 8.88. The number of allylic oxidation sites excluding steroid dienone is 2. The first-order chi connectivity index (χ1) is 29.3. The van der Waals surface area contributed by atoms with Gasteiger partial charge in [0.25, 0.3) is 0 Å². The molecule has 0 spiro atoms. The number of benzene rings is 4. The average molecular weight is 942 g/mol. The first-order valence-electron chi connectivity index (χ1n) is 24.8. The summed E-state index contributed by atoms with van der Waals surface area (Å²) in [7, 11) is 17.8. The van der Waals surface area contributed by atoms with E-state index in [0.717, 1.165) is 41.9 Å². The number of hydrogen-bond acceptors (Lipinski definition) is 0. The Bertz CT molecular complexity index is 2420. The quantitative estimate of drug-likeness (QED) is 0.147. The third-order valence-corrected chi connectivity index (χ3v) is 71.4. The van der Waals surface area contributed by atoms with Crippen LogP contribution in [0.2, 0.25) is 13.1 Å². The summed E-state index contributed by atoms with van der Waals surface area (Å²) in [5.74, 6) is 4.49. The second-order valence-electron chi connectivity index (χ2n) is 23.3. The van der Waals surface area contributed by atoms with Crippen molar-refractivity contribution in [3.05, 3.63) is 129 Å². The Kier molecular flexibility index (Phi) is 9.48. The van der Waals surface area contributed by atoms with E-state index in [1.54, 1.807) is 11.1 Å². The second-order valence-corrected chi connectivity index (χ2v) is 65.8. The fourth-order valence-corrected chi connectivity index (χ4v) is 49.3. The molecule has 317 valence electrons. The molecule has 0 aliphatic heterocycles. The van der Waals surface area contributed by atoms with Crippen LogP contribution in [0, 0.1) is 41.4 Å². The Balaban J connectivity index is 0.912. The molecule has 0 saturated heterocycles. The molecule has 0 heterocycles. The van der Waals surface area contributed by atoms with Crippen molar-refractivity contribution in [3.63, 3.8) is 0 Å². The van der Waals surface area contributed by atoms with Crippen LogP contribution in [0.1, 0.15) is 145 Å². The fourth-order valence-electron chi connectivity index (χ4n) is 17.3. The molecule has 8 saturated carbocycles. The van der Waals surface area contributed by atoms with Gasteiger partial charge in [0.15, 0.2) is 0 Å². The van der Waals surface area contributed by atoms with Crippen molar-refractivity contribution in [3.8, 4) is 22.3 Å². The van der Waals surface area contributed by atoms with Crippen LogP contribution in [0.4, 0.5) is 0 Å². The molecule has 10 aliphatic rings. The number of halogens is 2. The normalized spacial score (nSPS) is 35.2. The van der Waals surface area contributed by atoms with Crippen molar-refractivity contribution in [1.29, 1.82) is 0 Å². The van der Waals surface area contributed by atoms with E-state index in [-0.39, 0.29) is 7.25 Å². The van der Waals surface area contributed by atoms with Crippen LogP contribution in [0.3, 0.4) is 0 Å². The van der Waals surface area contributed by atoms with E-state index in [0.29, 0.717) is 16.7 Å². The number of hydrogen-bond donors (Lipinski definition) is 0. The zero-order valence-electron chi connectivity index (χ0n) is 37.5. The molecule has 61 heavy (non-hydrogen) atoms. The van der Waals surface area contributed by atoms with Gasteiger partial charge in [0.2, 0.25) is 0 Å². The van der Waals surface area contributed by atoms with Gasteiger partial charge in [-0.25, -0.2) is 0 Å². The van der Waals surface area contributed by atoms with Gasteiger partial charge in [-0.2, -0.15) is 0 Å². The molecule has 4 heteroatoms. The minimum atomic E-state index is -4.90. The Labute approximate surface area is 376 Å². The molecule has 8 fully saturated rings. The Hall–Kier alpha value is -1.96. The van der Waals surface area contributed by atoms with E-state index in [2.05, 4.69) is 131 Å². The molecule has 0 amide bonds. The van der Waals surface area contributed by atoms with E-state index in [1.165, 1.54) is 133 Å². The summed E-state index contributed by atoms with van der Waals surface area (Å²) in [5, 5.41) is 0. The zero-order chi connectivity index (χ0) is 41.7. The minimum absolute atomic E-state index is 0.101. The summed E-state index contributed by atoms with van der Waals surface area (Å²) in [5.41, 5.74) is 17.9. The molecule has 0 N–H and O–H groups in total. The Morgan fingerprint density at radius 1 is 0.574 bits per heavy atom. The molecule has 14 rings (SSSR count). The summed E-state index contributed by atoms with van der Waals surface area (Å²) in [6, 6.07) is 34.1. The zero-order valence-corrected chi connectivity index (χ0v) is 42.6. The van der Waals surface area contributed by atoms with Gasteiger partial charge in [-0.15, -0.1) is 0 Å². The summed E-state index contributed by atoms with van der Waals surface area (Å²) < 4.78 is 0.208. The van der Waals surface area contributed by atoms with E-state index < -0.39 is 21.5 Å². The van der Waals surface area contributed by atoms with Crippen LogP contribution in [-0.4, -0.2) is 5.92 Å². The van der Waals surface area contributed by atoms with E-state index in [4.69, 9.17) is 17.0 Å². The van der Waals surface area contributed by atoms with Crippen molar-refractivity contribution < 1.29 is 15.6 Å². The SMILES string of the molecule is CCC(C)C1=Cc2c(-c3ccc(C45CC6CC(CC(C6)C4)C5)cc3)cccc2[CH]1[Zr]([Cl])([Cl])([CH]1C(C)=Cc2c(-c3ccc(C45CC6CC(CC(C6)C4)C5)cc3)cccc21)[SiH](C)C. The van der Waals surface area contributed by atoms with Crippen LogP contribution in [0.5, 0.6) is 0 Å². The van der Waals surface area contributed by atoms with Crippen molar-refractivity contribution in [1.82, 2.24) is 0 Å². The van der Waals surface area contributed by atoms with Crippen LogP contribution < -0.4 is 0 Å². The molecule has 0 radical (unpaired) electrons. The molecule has 0 aromatic heterocycles. The van der Waals surface area contributed by atoms with Gasteiger partial charge in [0.05, 0.1) is 0 Å². The molecule has 3 unspecified atom stereocenters.